The van der Waals surface area contributed by atoms with Crippen LogP contribution in [0.25, 0.3) is 0 Å². The van der Waals surface area contributed by atoms with Crippen molar-refractivity contribution in [3.8, 4) is 0 Å². The molecule has 0 spiro atoms. The van der Waals surface area contributed by atoms with Crippen molar-refractivity contribution < 1.29 is 19.1 Å². The van der Waals surface area contributed by atoms with Crippen LogP contribution in [0, 0.1) is 0 Å². The fraction of sp³-hybridized carbons (Fsp3) is 0.550. The molecule has 148 valence electrons. The Morgan fingerprint density at radius 3 is 2.59 bits per heavy atom. The van der Waals surface area contributed by atoms with Crippen LogP contribution in [0.5, 0.6) is 0 Å². The average molecular weight is 375 g/mol. The molecule has 0 aromatic heterocycles. The molecule has 2 atom stereocenters. The second-order valence-electron chi connectivity index (χ2n) is 7.68. The van der Waals surface area contributed by atoms with Gasteiger partial charge in [-0.05, 0) is 51.7 Å². The summed E-state index contributed by atoms with van der Waals surface area (Å²) in [4.78, 5) is 39.2. The van der Waals surface area contributed by atoms with Gasteiger partial charge in [0.2, 0.25) is 11.8 Å². The topological polar surface area (TPSA) is 87.7 Å². The summed E-state index contributed by atoms with van der Waals surface area (Å²) in [6.07, 6.45) is 1.02. The van der Waals surface area contributed by atoms with Crippen molar-refractivity contribution in [2.45, 2.75) is 64.6 Å². The maximum Gasteiger partial charge on any atom is 0.410 e. The minimum atomic E-state index is -0.726. The van der Waals surface area contributed by atoms with E-state index in [1.807, 2.05) is 52.0 Å². The van der Waals surface area contributed by atoms with Gasteiger partial charge in [0.1, 0.15) is 12.1 Å². The third kappa shape index (κ3) is 4.78. The second kappa shape index (κ2) is 8.41. The number of carbonyl (C=O) groups excluding carboxylic acids is 3. The number of amides is 3. The molecule has 1 aliphatic rings. The van der Waals surface area contributed by atoms with Gasteiger partial charge >= 0.3 is 6.09 Å². The zero-order chi connectivity index (χ0) is 20.2. The molecular weight excluding hydrogens is 346 g/mol. The number of aryl methyl sites for hydroxylation is 1. The van der Waals surface area contributed by atoms with E-state index >= 15 is 0 Å². The number of para-hydroxylation sites is 1. The van der Waals surface area contributed by atoms with Crippen molar-refractivity contribution in [2.75, 3.05) is 12.4 Å². The molecule has 7 heteroatoms. The Labute approximate surface area is 160 Å². The average Bonchev–Trinajstić information content (AvgIpc) is 2.76. The highest BCUT2D eigenvalue weighted by molar-refractivity contribution is 5.99. The van der Waals surface area contributed by atoms with Crippen LogP contribution in [0.1, 0.15) is 46.1 Å². The van der Waals surface area contributed by atoms with Gasteiger partial charge in [0, 0.05) is 11.2 Å². The fourth-order valence-corrected chi connectivity index (χ4v) is 3.37. The first kappa shape index (κ1) is 20.7. The highest BCUT2D eigenvalue weighted by Gasteiger charge is 2.38. The lowest BCUT2D eigenvalue weighted by Gasteiger charge is -2.39. The van der Waals surface area contributed by atoms with E-state index in [0.717, 1.165) is 11.3 Å². The van der Waals surface area contributed by atoms with E-state index in [1.54, 1.807) is 0 Å². The van der Waals surface area contributed by atoms with Crippen LogP contribution in [-0.4, -0.2) is 47.5 Å². The third-order valence-corrected chi connectivity index (χ3v) is 4.71. The largest absolute Gasteiger partial charge is 0.453 e. The molecule has 2 N–H and O–H groups in total. The molecular formula is C20H29N3O4. The summed E-state index contributed by atoms with van der Waals surface area (Å²) in [6, 6.07) is 6.23. The highest BCUT2D eigenvalue weighted by atomic mass is 16.5. The molecule has 0 saturated heterocycles. The summed E-state index contributed by atoms with van der Waals surface area (Å²) in [5.74, 6) is -0.604. The zero-order valence-electron chi connectivity index (χ0n) is 16.7. The molecule has 1 aromatic carbocycles. The standard InChI is InChI=1S/C20H29N3O4/c1-6-16(23(19(26)27-5)20(2,3)4)18(25)22-15-12-11-13-9-7-8-10-14(13)21-17(15)24/h7-10,15-16H,6,11-12H2,1-5H3,(H,21,24)(H,22,25)/t15-,16-/m0/s1. The third-order valence-electron chi connectivity index (χ3n) is 4.71. The van der Waals surface area contributed by atoms with Crippen molar-refractivity contribution in [2.24, 2.45) is 0 Å². The zero-order valence-corrected chi connectivity index (χ0v) is 16.7. The number of rotatable bonds is 4. The first-order valence-electron chi connectivity index (χ1n) is 9.25. The Morgan fingerprint density at radius 2 is 2.00 bits per heavy atom. The summed E-state index contributed by atoms with van der Waals surface area (Å²) < 4.78 is 4.87. The predicted molar refractivity (Wildman–Crippen MR) is 103 cm³/mol. The number of carbonyl (C=O) groups is 3. The van der Waals surface area contributed by atoms with E-state index in [2.05, 4.69) is 10.6 Å². The molecule has 1 aliphatic heterocycles. The monoisotopic (exact) mass is 375 g/mol. The van der Waals surface area contributed by atoms with E-state index in [4.69, 9.17) is 4.74 Å². The van der Waals surface area contributed by atoms with Gasteiger partial charge in [-0.25, -0.2) is 4.79 Å². The number of nitrogens with zero attached hydrogens (tertiary/aromatic N) is 1. The Bertz CT molecular complexity index is 711. The van der Waals surface area contributed by atoms with Gasteiger partial charge in [-0.2, -0.15) is 0 Å². The van der Waals surface area contributed by atoms with Crippen LogP contribution in [-0.2, 0) is 20.7 Å². The number of hydrogen-bond acceptors (Lipinski definition) is 4. The Hall–Kier alpha value is -2.57. The van der Waals surface area contributed by atoms with Gasteiger partial charge < -0.3 is 15.4 Å². The summed E-state index contributed by atoms with van der Waals surface area (Å²) >= 11 is 0. The number of fused-ring (bicyclic) bond motifs is 1. The molecule has 0 aliphatic carbocycles. The van der Waals surface area contributed by atoms with E-state index in [-0.39, 0.29) is 11.8 Å². The maximum absolute atomic E-state index is 12.9. The van der Waals surface area contributed by atoms with E-state index < -0.39 is 23.7 Å². The summed E-state index contributed by atoms with van der Waals surface area (Å²) in [7, 11) is 1.29. The van der Waals surface area contributed by atoms with Gasteiger partial charge in [-0.15, -0.1) is 0 Å². The Kier molecular flexibility index (Phi) is 6.46. The lowest BCUT2D eigenvalue weighted by atomic mass is 10.0. The molecule has 0 unspecified atom stereocenters. The normalized spacial score (nSPS) is 17.8. The first-order chi connectivity index (χ1) is 12.7. The van der Waals surface area contributed by atoms with Crippen LogP contribution >= 0.6 is 0 Å². The number of hydrogen-bond donors (Lipinski definition) is 2. The number of nitrogens with one attached hydrogen (secondary N) is 2. The molecule has 0 radical (unpaired) electrons. The smallest absolute Gasteiger partial charge is 0.410 e. The van der Waals surface area contributed by atoms with Crippen molar-refractivity contribution in [1.82, 2.24) is 10.2 Å². The predicted octanol–water partition coefficient (Wildman–Crippen LogP) is 2.70. The van der Waals surface area contributed by atoms with E-state index in [1.165, 1.54) is 12.0 Å². The van der Waals surface area contributed by atoms with Crippen molar-refractivity contribution >= 4 is 23.6 Å². The summed E-state index contributed by atoms with van der Waals surface area (Å²) in [6.45, 7) is 7.35. The SMILES string of the molecule is CC[C@@H](C(=O)N[C@H]1CCc2ccccc2NC1=O)N(C(=O)OC)C(C)(C)C. The molecule has 0 fully saturated rings. The number of benzene rings is 1. The van der Waals surface area contributed by atoms with Crippen LogP contribution in [0.15, 0.2) is 24.3 Å². The van der Waals surface area contributed by atoms with Gasteiger partial charge in [-0.1, -0.05) is 25.1 Å². The number of ether oxygens (including phenoxy) is 1. The summed E-state index contributed by atoms with van der Waals surface area (Å²) in [5.41, 5.74) is 1.21. The molecule has 7 nitrogen and oxygen atoms in total. The molecule has 2 rings (SSSR count). The van der Waals surface area contributed by atoms with E-state index in [9.17, 15) is 14.4 Å². The minimum Gasteiger partial charge on any atom is -0.453 e. The van der Waals surface area contributed by atoms with Crippen molar-refractivity contribution in [3.05, 3.63) is 29.8 Å². The van der Waals surface area contributed by atoms with Crippen molar-refractivity contribution in [1.29, 1.82) is 0 Å². The molecule has 3 amide bonds. The van der Waals surface area contributed by atoms with Crippen LogP contribution in [0.2, 0.25) is 0 Å². The van der Waals surface area contributed by atoms with Gasteiger partial charge in [0.25, 0.3) is 0 Å². The Balaban J connectivity index is 2.16. The van der Waals surface area contributed by atoms with Gasteiger partial charge in [0.15, 0.2) is 0 Å². The van der Waals surface area contributed by atoms with Crippen molar-refractivity contribution in [3.63, 3.8) is 0 Å². The second-order valence-corrected chi connectivity index (χ2v) is 7.68. The molecule has 1 heterocycles. The molecule has 27 heavy (non-hydrogen) atoms. The molecule has 1 aromatic rings. The van der Waals surface area contributed by atoms with Gasteiger partial charge in [0.05, 0.1) is 7.11 Å². The van der Waals surface area contributed by atoms with E-state index in [0.29, 0.717) is 19.3 Å². The molecule has 0 saturated carbocycles. The lowest BCUT2D eigenvalue weighted by Crippen LogP contribution is -2.59. The van der Waals surface area contributed by atoms with Crippen LogP contribution in [0.4, 0.5) is 10.5 Å². The van der Waals surface area contributed by atoms with Gasteiger partial charge in [-0.3, -0.25) is 14.5 Å². The number of methoxy groups -OCH3 is 1. The minimum absolute atomic E-state index is 0.247. The quantitative estimate of drug-likeness (QED) is 0.847. The number of anilines is 1. The summed E-state index contributed by atoms with van der Waals surface area (Å²) in [5, 5.41) is 5.69. The van der Waals surface area contributed by atoms with Crippen LogP contribution in [0.3, 0.4) is 0 Å². The highest BCUT2D eigenvalue weighted by Crippen LogP contribution is 2.23. The Morgan fingerprint density at radius 1 is 1.33 bits per heavy atom. The molecule has 0 bridgehead atoms. The van der Waals surface area contributed by atoms with Crippen LogP contribution < -0.4 is 10.6 Å². The fourth-order valence-electron chi connectivity index (χ4n) is 3.37. The first-order valence-corrected chi connectivity index (χ1v) is 9.25. The lowest BCUT2D eigenvalue weighted by molar-refractivity contribution is -0.131. The maximum atomic E-state index is 12.9.